The van der Waals surface area contributed by atoms with Crippen LogP contribution >= 0.6 is 22.7 Å². The van der Waals surface area contributed by atoms with Gasteiger partial charge in [0.1, 0.15) is 0 Å². The van der Waals surface area contributed by atoms with Crippen molar-refractivity contribution in [2.75, 3.05) is 0 Å². The summed E-state index contributed by atoms with van der Waals surface area (Å²) in [4.78, 5) is 16.1. The standard InChI is InChI=1S/C55H33N3S2/c1-3-14-34(15-4-1)35-28-30-36(31-29-35)40-22-12-25-45-50-44-21-8-10-27-49(44)60-54(50)51(58-52(40)45)39-19-11-18-38(32-39)46-33-47(57-55(56-46)37-16-5-2-6-17-37)43-24-13-23-42-41-20-7-9-26-48(41)59-53(42)43/h1-33H. The molecule has 0 saturated heterocycles. The van der Waals surface area contributed by atoms with Crippen LogP contribution in [0.4, 0.5) is 0 Å². The first-order valence-electron chi connectivity index (χ1n) is 20.1. The molecule has 0 spiro atoms. The van der Waals surface area contributed by atoms with Crippen molar-refractivity contribution < 1.29 is 0 Å². The molecule has 0 atom stereocenters. The number of fused-ring (bicyclic) bond motifs is 8. The number of nitrogens with zero attached hydrogens (tertiary/aromatic N) is 3. The van der Waals surface area contributed by atoms with Gasteiger partial charge in [-0.15, -0.1) is 22.7 Å². The summed E-state index contributed by atoms with van der Waals surface area (Å²) < 4.78 is 4.93. The fourth-order valence-electron chi connectivity index (χ4n) is 8.63. The van der Waals surface area contributed by atoms with Crippen molar-refractivity contribution in [3.05, 3.63) is 200 Å². The number of para-hydroxylation sites is 1. The van der Waals surface area contributed by atoms with E-state index >= 15 is 0 Å². The summed E-state index contributed by atoms with van der Waals surface area (Å²) in [5.74, 6) is 0.699. The van der Waals surface area contributed by atoms with Crippen molar-refractivity contribution in [2.24, 2.45) is 0 Å². The van der Waals surface area contributed by atoms with Gasteiger partial charge >= 0.3 is 0 Å². The molecule has 0 saturated carbocycles. The van der Waals surface area contributed by atoms with E-state index in [2.05, 4.69) is 182 Å². The Morgan fingerprint density at radius 1 is 0.317 bits per heavy atom. The number of hydrogen-bond acceptors (Lipinski definition) is 5. The minimum atomic E-state index is 0.699. The molecule has 3 nitrogen and oxygen atoms in total. The SMILES string of the molecule is c1ccc(-c2ccc(-c3cccc4c3nc(-c3cccc(-c5cc(-c6cccc7c6sc6ccccc67)nc(-c6ccccc6)n5)c3)c3sc5ccccc5c34)cc2)cc1. The largest absolute Gasteiger partial charge is 0.246 e. The Morgan fingerprint density at radius 3 is 1.67 bits per heavy atom. The average molecular weight is 800 g/mol. The van der Waals surface area contributed by atoms with Gasteiger partial charge in [0.25, 0.3) is 0 Å². The van der Waals surface area contributed by atoms with Gasteiger partial charge in [0.2, 0.25) is 0 Å². The maximum absolute atomic E-state index is 5.62. The minimum Gasteiger partial charge on any atom is -0.246 e. The highest BCUT2D eigenvalue weighted by atomic mass is 32.1. The topological polar surface area (TPSA) is 38.7 Å². The average Bonchev–Trinajstić information content (AvgIpc) is 3.91. The Balaban J connectivity index is 1.05. The lowest BCUT2D eigenvalue weighted by Crippen LogP contribution is -1.96. The summed E-state index contributed by atoms with van der Waals surface area (Å²) in [7, 11) is 0. The first-order valence-corrected chi connectivity index (χ1v) is 21.7. The third-order valence-corrected chi connectivity index (χ3v) is 13.9. The number of benzene rings is 8. The van der Waals surface area contributed by atoms with E-state index in [9.17, 15) is 0 Å². The second kappa shape index (κ2) is 14.2. The van der Waals surface area contributed by atoms with E-state index in [1.165, 1.54) is 51.5 Å². The molecule has 0 fully saturated rings. The number of thiophene rings is 2. The molecule has 60 heavy (non-hydrogen) atoms. The van der Waals surface area contributed by atoms with Crippen molar-refractivity contribution >= 4 is 73.9 Å². The molecular formula is C55H33N3S2. The van der Waals surface area contributed by atoms with Crippen molar-refractivity contribution in [3.8, 4) is 67.4 Å². The van der Waals surface area contributed by atoms with Gasteiger partial charge in [-0.25, -0.2) is 15.0 Å². The maximum Gasteiger partial charge on any atom is 0.160 e. The third kappa shape index (κ3) is 5.82. The summed E-state index contributed by atoms with van der Waals surface area (Å²) in [6, 6.07) is 71.2. The molecule has 0 unspecified atom stereocenters. The van der Waals surface area contributed by atoms with Crippen LogP contribution in [0.25, 0.3) is 119 Å². The molecule has 0 aliphatic heterocycles. The highest BCUT2D eigenvalue weighted by molar-refractivity contribution is 7.26. The van der Waals surface area contributed by atoms with E-state index in [-0.39, 0.29) is 0 Å². The normalized spacial score (nSPS) is 11.7. The van der Waals surface area contributed by atoms with Crippen molar-refractivity contribution in [1.29, 1.82) is 0 Å². The molecular weight excluding hydrogens is 767 g/mol. The van der Waals surface area contributed by atoms with Gasteiger partial charge in [0.15, 0.2) is 5.82 Å². The predicted octanol–water partition coefficient (Wildman–Crippen LogP) is 15.8. The first kappa shape index (κ1) is 34.7. The highest BCUT2D eigenvalue weighted by Crippen LogP contribution is 2.46. The summed E-state index contributed by atoms with van der Waals surface area (Å²) in [6.07, 6.45) is 0. The van der Waals surface area contributed by atoms with E-state index in [4.69, 9.17) is 15.0 Å². The Morgan fingerprint density at radius 2 is 0.867 bits per heavy atom. The molecule has 0 N–H and O–H groups in total. The van der Waals surface area contributed by atoms with Crippen LogP contribution in [-0.4, -0.2) is 15.0 Å². The van der Waals surface area contributed by atoms with E-state index in [0.29, 0.717) is 5.82 Å². The second-order valence-electron chi connectivity index (χ2n) is 15.1. The maximum atomic E-state index is 5.62. The minimum absolute atomic E-state index is 0.699. The van der Waals surface area contributed by atoms with Gasteiger partial charge in [0, 0.05) is 68.8 Å². The van der Waals surface area contributed by atoms with Crippen LogP contribution in [-0.2, 0) is 0 Å². The van der Waals surface area contributed by atoms with Gasteiger partial charge < -0.3 is 0 Å². The van der Waals surface area contributed by atoms with Crippen molar-refractivity contribution in [3.63, 3.8) is 0 Å². The molecule has 4 aromatic heterocycles. The smallest absolute Gasteiger partial charge is 0.160 e. The van der Waals surface area contributed by atoms with Gasteiger partial charge in [-0.2, -0.15) is 0 Å². The lowest BCUT2D eigenvalue weighted by molar-refractivity contribution is 1.19. The molecule has 5 heteroatoms. The zero-order chi connectivity index (χ0) is 39.6. The molecule has 0 aliphatic rings. The van der Waals surface area contributed by atoms with E-state index in [1.54, 1.807) is 0 Å². The number of rotatable bonds is 6. The Bertz CT molecular complexity index is 3590. The molecule has 4 heterocycles. The summed E-state index contributed by atoms with van der Waals surface area (Å²) in [5, 5.41) is 6.18. The number of aromatic nitrogens is 3. The molecule has 280 valence electrons. The first-order chi connectivity index (χ1) is 29.7. The molecule has 0 radical (unpaired) electrons. The fraction of sp³-hybridized carbons (Fsp3) is 0. The molecule has 0 amide bonds. The quantitative estimate of drug-likeness (QED) is 0.168. The molecule has 0 aliphatic carbocycles. The zero-order valence-electron chi connectivity index (χ0n) is 32.2. The van der Waals surface area contributed by atoms with Crippen LogP contribution in [0, 0.1) is 0 Å². The van der Waals surface area contributed by atoms with Crippen LogP contribution in [0.3, 0.4) is 0 Å². The summed E-state index contributed by atoms with van der Waals surface area (Å²) in [6.45, 7) is 0. The van der Waals surface area contributed by atoms with Crippen LogP contribution < -0.4 is 0 Å². The number of pyridine rings is 1. The fourth-order valence-corrected chi connectivity index (χ4v) is 11.1. The van der Waals surface area contributed by atoms with E-state index in [1.807, 2.05) is 40.9 Å². The van der Waals surface area contributed by atoms with Gasteiger partial charge in [0.05, 0.1) is 27.3 Å². The van der Waals surface area contributed by atoms with Crippen LogP contribution in [0.1, 0.15) is 0 Å². The van der Waals surface area contributed by atoms with Crippen LogP contribution in [0.15, 0.2) is 200 Å². The van der Waals surface area contributed by atoms with Crippen LogP contribution in [0.2, 0.25) is 0 Å². The molecule has 0 bridgehead atoms. The van der Waals surface area contributed by atoms with E-state index < -0.39 is 0 Å². The highest BCUT2D eigenvalue weighted by Gasteiger charge is 2.20. The van der Waals surface area contributed by atoms with Gasteiger partial charge in [-0.1, -0.05) is 176 Å². The van der Waals surface area contributed by atoms with Crippen LogP contribution in [0.5, 0.6) is 0 Å². The Hall–Kier alpha value is -7.31. The summed E-state index contributed by atoms with van der Waals surface area (Å²) in [5.41, 5.74) is 12.5. The Labute approximate surface area is 354 Å². The molecule has 8 aromatic carbocycles. The zero-order valence-corrected chi connectivity index (χ0v) is 33.8. The lowest BCUT2D eigenvalue weighted by atomic mass is 9.96. The lowest BCUT2D eigenvalue weighted by Gasteiger charge is -2.13. The van der Waals surface area contributed by atoms with Gasteiger partial charge in [-0.3, -0.25) is 0 Å². The second-order valence-corrected chi connectivity index (χ2v) is 17.2. The summed E-state index contributed by atoms with van der Waals surface area (Å²) >= 11 is 3.64. The van der Waals surface area contributed by atoms with E-state index in [0.717, 1.165) is 61.4 Å². The monoisotopic (exact) mass is 799 g/mol. The number of hydrogen-bond donors (Lipinski definition) is 0. The van der Waals surface area contributed by atoms with Gasteiger partial charge in [-0.05, 0) is 41.0 Å². The van der Waals surface area contributed by atoms with Crippen molar-refractivity contribution in [1.82, 2.24) is 15.0 Å². The van der Waals surface area contributed by atoms with Crippen molar-refractivity contribution in [2.45, 2.75) is 0 Å². The predicted molar refractivity (Wildman–Crippen MR) is 256 cm³/mol. The third-order valence-electron chi connectivity index (χ3n) is 11.5. The molecule has 12 rings (SSSR count). The molecule has 12 aromatic rings. The Kier molecular flexibility index (Phi) is 8.22.